The number of methoxy groups -OCH3 is 1. The van der Waals surface area contributed by atoms with Crippen LogP contribution in [0.1, 0.15) is 19.0 Å². The Labute approximate surface area is 95.4 Å². The van der Waals surface area contributed by atoms with Gasteiger partial charge < -0.3 is 9.64 Å². The monoisotopic (exact) mass is 223 g/mol. The van der Waals surface area contributed by atoms with E-state index in [0.717, 1.165) is 17.9 Å². The third kappa shape index (κ3) is 3.49. The van der Waals surface area contributed by atoms with Gasteiger partial charge in [0.05, 0.1) is 19.2 Å². The van der Waals surface area contributed by atoms with E-state index in [4.69, 9.17) is 0 Å². The molecule has 16 heavy (non-hydrogen) atoms. The minimum atomic E-state index is -0.218. The van der Waals surface area contributed by atoms with E-state index >= 15 is 0 Å². The standard InChI is InChI=1S/C11H17N3O2/c1-4-9-5-6-10(13-12-9)14(2)8-7-11(15)16-3/h5-6H,4,7-8H2,1-3H3. The van der Waals surface area contributed by atoms with Crippen molar-refractivity contribution in [3.8, 4) is 0 Å². The van der Waals surface area contributed by atoms with Crippen LogP contribution in [0.3, 0.4) is 0 Å². The van der Waals surface area contributed by atoms with Gasteiger partial charge in [0.15, 0.2) is 5.82 Å². The summed E-state index contributed by atoms with van der Waals surface area (Å²) in [7, 11) is 3.26. The first-order chi connectivity index (χ1) is 7.67. The predicted octanol–water partition coefficient (Wildman–Crippen LogP) is 1.04. The number of anilines is 1. The molecule has 0 aliphatic rings. The van der Waals surface area contributed by atoms with E-state index in [2.05, 4.69) is 14.9 Å². The van der Waals surface area contributed by atoms with Gasteiger partial charge in [-0.3, -0.25) is 4.79 Å². The van der Waals surface area contributed by atoms with Crippen molar-refractivity contribution in [1.82, 2.24) is 10.2 Å². The highest BCUT2D eigenvalue weighted by Crippen LogP contribution is 2.08. The van der Waals surface area contributed by atoms with E-state index in [0.29, 0.717) is 13.0 Å². The summed E-state index contributed by atoms with van der Waals surface area (Å²) in [6.45, 7) is 2.61. The highest BCUT2D eigenvalue weighted by atomic mass is 16.5. The molecule has 1 aromatic rings. The molecule has 0 bridgehead atoms. The number of rotatable bonds is 5. The van der Waals surface area contributed by atoms with E-state index in [9.17, 15) is 4.79 Å². The van der Waals surface area contributed by atoms with Crippen LogP contribution in [0.4, 0.5) is 5.82 Å². The lowest BCUT2D eigenvalue weighted by molar-refractivity contribution is -0.140. The smallest absolute Gasteiger partial charge is 0.307 e. The van der Waals surface area contributed by atoms with Crippen molar-refractivity contribution in [2.75, 3.05) is 25.6 Å². The topological polar surface area (TPSA) is 55.3 Å². The highest BCUT2D eigenvalue weighted by Gasteiger charge is 2.06. The lowest BCUT2D eigenvalue weighted by Crippen LogP contribution is -2.22. The van der Waals surface area contributed by atoms with Crippen LogP contribution in [-0.2, 0) is 16.0 Å². The second-order valence-corrected chi connectivity index (χ2v) is 3.48. The van der Waals surface area contributed by atoms with Crippen LogP contribution in [-0.4, -0.2) is 36.9 Å². The SMILES string of the molecule is CCc1ccc(N(C)CCC(=O)OC)nn1. The van der Waals surface area contributed by atoms with E-state index in [-0.39, 0.29) is 5.97 Å². The van der Waals surface area contributed by atoms with Crippen molar-refractivity contribution in [2.45, 2.75) is 19.8 Å². The fourth-order valence-electron chi connectivity index (χ4n) is 1.22. The first-order valence-corrected chi connectivity index (χ1v) is 5.28. The number of ether oxygens (including phenoxy) is 1. The lowest BCUT2D eigenvalue weighted by Gasteiger charge is -2.16. The number of carbonyl (C=O) groups excluding carboxylic acids is 1. The van der Waals surface area contributed by atoms with E-state index in [1.165, 1.54) is 7.11 Å². The molecule has 1 rings (SSSR count). The molecule has 1 heterocycles. The van der Waals surface area contributed by atoms with Gasteiger partial charge in [0.1, 0.15) is 0 Å². The predicted molar refractivity (Wildman–Crippen MR) is 61.3 cm³/mol. The molecule has 88 valence electrons. The Balaban J connectivity index is 2.52. The summed E-state index contributed by atoms with van der Waals surface area (Å²) in [5.41, 5.74) is 0.963. The third-order valence-corrected chi connectivity index (χ3v) is 2.34. The molecule has 0 spiro atoms. The summed E-state index contributed by atoms with van der Waals surface area (Å²) < 4.78 is 4.57. The van der Waals surface area contributed by atoms with Crippen LogP contribution in [0.15, 0.2) is 12.1 Å². The summed E-state index contributed by atoms with van der Waals surface area (Å²) in [5, 5.41) is 8.13. The highest BCUT2D eigenvalue weighted by molar-refractivity contribution is 5.69. The first kappa shape index (κ1) is 12.4. The van der Waals surface area contributed by atoms with Gasteiger partial charge in [0, 0.05) is 13.6 Å². The summed E-state index contributed by atoms with van der Waals surface area (Å²) in [5.74, 6) is 0.547. The molecule has 0 amide bonds. The van der Waals surface area contributed by atoms with Gasteiger partial charge in [0.2, 0.25) is 0 Å². The van der Waals surface area contributed by atoms with Crippen LogP contribution >= 0.6 is 0 Å². The van der Waals surface area contributed by atoms with Crippen molar-refractivity contribution in [3.05, 3.63) is 17.8 Å². The van der Waals surface area contributed by atoms with Crippen LogP contribution in [0.5, 0.6) is 0 Å². The van der Waals surface area contributed by atoms with Crippen LogP contribution in [0, 0.1) is 0 Å². The molecule has 0 saturated carbocycles. The normalized spacial score (nSPS) is 9.94. The summed E-state index contributed by atoms with van der Waals surface area (Å²) in [4.78, 5) is 12.8. The van der Waals surface area contributed by atoms with E-state index < -0.39 is 0 Å². The summed E-state index contributed by atoms with van der Waals surface area (Å²) in [6.07, 6.45) is 1.23. The second kappa shape index (κ2) is 6.05. The van der Waals surface area contributed by atoms with Gasteiger partial charge in [-0.2, -0.15) is 5.10 Å². The minimum absolute atomic E-state index is 0.218. The number of aryl methyl sites for hydroxylation is 1. The van der Waals surface area contributed by atoms with Gasteiger partial charge in [-0.05, 0) is 18.6 Å². The number of hydrogen-bond donors (Lipinski definition) is 0. The Bertz CT molecular complexity index is 338. The van der Waals surface area contributed by atoms with Crippen LogP contribution in [0.2, 0.25) is 0 Å². The molecule has 1 aromatic heterocycles. The molecule has 0 atom stereocenters. The molecule has 0 aliphatic heterocycles. The Kier molecular flexibility index (Phi) is 4.69. The number of hydrogen-bond acceptors (Lipinski definition) is 5. The van der Waals surface area contributed by atoms with Crippen LogP contribution in [0.25, 0.3) is 0 Å². The van der Waals surface area contributed by atoms with Gasteiger partial charge in [-0.25, -0.2) is 0 Å². The minimum Gasteiger partial charge on any atom is -0.469 e. The van der Waals surface area contributed by atoms with Gasteiger partial charge in [-0.1, -0.05) is 6.92 Å². The van der Waals surface area contributed by atoms with Crippen molar-refractivity contribution in [2.24, 2.45) is 0 Å². The molecular formula is C11H17N3O2. The van der Waals surface area contributed by atoms with Gasteiger partial charge in [-0.15, -0.1) is 5.10 Å². The maximum absolute atomic E-state index is 11.0. The Morgan fingerprint density at radius 1 is 1.44 bits per heavy atom. The van der Waals surface area contributed by atoms with E-state index in [1.54, 1.807) is 0 Å². The molecule has 5 heteroatoms. The maximum atomic E-state index is 11.0. The zero-order valence-corrected chi connectivity index (χ0v) is 9.93. The molecule has 5 nitrogen and oxygen atoms in total. The zero-order chi connectivity index (χ0) is 12.0. The fourth-order valence-corrected chi connectivity index (χ4v) is 1.22. The number of aromatic nitrogens is 2. The molecule has 0 aliphatic carbocycles. The summed E-state index contributed by atoms with van der Waals surface area (Å²) in [6, 6.07) is 3.85. The Hall–Kier alpha value is -1.65. The largest absolute Gasteiger partial charge is 0.469 e. The van der Waals surface area contributed by atoms with E-state index in [1.807, 2.05) is 31.0 Å². The lowest BCUT2D eigenvalue weighted by atomic mass is 10.3. The second-order valence-electron chi connectivity index (χ2n) is 3.48. The van der Waals surface area contributed by atoms with Gasteiger partial charge >= 0.3 is 5.97 Å². The number of esters is 1. The number of nitrogens with zero attached hydrogens (tertiary/aromatic N) is 3. The molecule has 0 aromatic carbocycles. The van der Waals surface area contributed by atoms with Crippen molar-refractivity contribution in [1.29, 1.82) is 0 Å². The van der Waals surface area contributed by atoms with Crippen molar-refractivity contribution in [3.63, 3.8) is 0 Å². The quantitative estimate of drug-likeness (QED) is 0.698. The molecule has 0 radical (unpaired) electrons. The molecule has 0 saturated heterocycles. The number of carbonyl (C=O) groups is 1. The fraction of sp³-hybridized carbons (Fsp3) is 0.545. The Morgan fingerprint density at radius 2 is 2.19 bits per heavy atom. The van der Waals surface area contributed by atoms with Crippen molar-refractivity contribution >= 4 is 11.8 Å². The first-order valence-electron chi connectivity index (χ1n) is 5.28. The maximum Gasteiger partial charge on any atom is 0.307 e. The van der Waals surface area contributed by atoms with Crippen LogP contribution < -0.4 is 4.90 Å². The Morgan fingerprint density at radius 3 is 2.69 bits per heavy atom. The molecule has 0 fully saturated rings. The average Bonchev–Trinajstić information content (AvgIpc) is 2.35. The average molecular weight is 223 g/mol. The molecular weight excluding hydrogens is 206 g/mol. The zero-order valence-electron chi connectivity index (χ0n) is 9.93. The molecule has 0 N–H and O–H groups in total. The van der Waals surface area contributed by atoms with Crippen molar-refractivity contribution < 1.29 is 9.53 Å². The van der Waals surface area contributed by atoms with Gasteiger partial charge in [0.25, 0.3) is 0 Å². The molecule has 0 unspecified atom stereocenters. The third-order valence-electron chi connectivity index (χ3n) is 2.34. The summed E-state index contributed by atoms with van der Waals surface area (Å²) >= 11 is 0.